The number of allylic oxidation sites excluding steroid dienone is 4. The van der Waals surface area contributed by atoms with Gasteiger partial charge in [-0.15, -0.1) is 0 Å². The Morgan fingerprint density at radius 3 is 2.59 bits per heavy atom. The third-order valence-electron chi connectivity index (χ3n) is 4.55. The molecule has 1 aromatic rings. The Morgan fingerprint density at radius 2 is 1.82 bits per heavy atom. The van der Waals surface area contributed by atoms with E-state index < -0.39 is 0 Å². The molecule has 0 saturated heterocycles. The SMILES string of the molecule is CC1=CC(C)(C)NC2=CC3=Cc4c(F)ccc(F)c4C3=CC12. The summed E-state index contributed by atoms with van der Waals surface area (Å²) >= 11 is 0. The van der Waals surface area contributed by atoms with Crippen molar-refractivity contribution in [2.75, 3.05) is 0 Å². The van der Waals surface area contributed by atoms with Crippen LogP contribution in [0.5, 0.6) is 0 Å². The van der Waals surface area contributed by atoms with Crippen LogP contribution in [0.25, 0.3) is 11.6 Å². The van der Waals surface area contributed by atoms with Crippen LogP contribution in [-0.2, 0) is 0 Å². The Bertz CT molecular complexity index is 822. The zero-order valence-electron chi connectivity index (χ0n) is 12.8. The molecule has 1 nitrogen and oxygen atoms in total. The third kappa shape index (κ3) is 1.81. The highest BCUT2D eigenvalue weighted by Gasteiger charge is 2.34. The maximum absolute atomic E-state index is 14.2. The molecule has 1 heterocycles. The van der Waals surface area contributed by atoms with Crippen molar-refractivity contribution < 1.29 is 8.78 Å². The summed E-state index contributed by atoms with van der Waals surface area (Å²) in [5, 5.41) is 3.51. The number of rotatable bonds is 0. The monoisotopic (exact) mass is 297 g/mol. The molecule has 3 aliphatic rings. The zero-order valence-corrected chi connectivity index (χ0v) is 12.8. The van der Waals surface area contributed by atoms with Gasteiger partial charge in [-0.2, -0.15) is 0 Å². The second kappa shape index (κ2) is 4.19. The molecule has 22 heavy (non-hydrogen) atoms. The van der Waals surface area contributed by atoms with Crippen molar-refractivity contribution >= 4 is 11.6 Å². The van der Waals surface area contributed by atoms with Crippen molar-refractivity contribution in [2.24, 2.45) is 5.92 Å². The molecule has 0 saturated carbocycles. The molecule has 2 aliphatic carbocycles. The van der Waals surface area contributed by atoms with Crippen LogP contribution >= 0.6 is 0 Å². The second-order valence-corrected chi connectivity index (χ2v) is 6.81. The van der Waals surface area contributed by atoms with Crippen molar-refractivity contribution in [3.63, 3.8) is 0 Å². The average Bonchev–Trinajstić information content (AvgIpc) is 2.79. The first kappa shape index (κ1) is 13.5. The van der Waals surface area contributed by atoms with Gasteiger partial charge in [-0.25, -0.2) is 8.78 Å². The summed E-state index contributed by atoms with van der Waals surface area (Å²) in [4.78, 5) is 0. The first-order valence-electron chi connectivity index (χ1n) is 7.47. The highest BCUT2D eigenvalue weighted by Crippen LogP contribution is 2.45. The number of halogens is 2. The fourth-order valence-electron chi connectivity index (χ4n) is 3.73. The quantitative estimate of drug-likeness (QED) is 0.691. The van der Waals surface area contributed by atoms with Crippen LogP contribution in [0.4, 0.5) is 8.78 Å². The van der Waals surface area contributed by atoms with Gasteiger partial charge in [0.25, 0.3) is 0 Å². The van der Waals surface area contributed by atoms with Crippen LogP contribution in [0.2, 0.25) is 0 Å². The van der Waals surface area contributed by atoms with Crippen LogP contribution in [0.15, 0.2) is 47.2 Å². The predicted octanol–water partition coefficient (Wildman–Crippen LogP) is 4.59. The lowest BCUT2D eigenvalue weighted by molar-refractivity contribution is 0.477. The molecule has 0 aromatic heterocycles. The van der Waals surface area contributed by atoms with Gasteiger partial charge in [0.15, 0.2) is 0 Å². The molecule has 0 fully saturated rings. The molecule has 1 aliphatic heterocycles. The molecule has 3 heteroatoms. The average molecular weight is 297 g/mol. The van der Waals surface area contributed by atoms with Gasteiger partial charge < -0.3 is 5.32 Å². The third-order valence-corrected chi connectivity index (χ3v) is 4.55. The normalized spacial score (nSPS) is 24.1. The van der Waals surface area contributed by atoms with Gasteiger partial charge in [0.05, 0.1) is 0 Å². The van der Waals surface area contributed by atoms with Crippen LogP contribution in [0.3, 0.4) is 0 Å². The van der Waals surface area contributed by atoms with Gasteiger partial charge in [-0.3, -0.25) is 0 Å². The number of nitrogens with one attached hydrogen (secondary N) is 1. The molecule has 0 bridgehead atoms. The van der Waals surface area contributed by atoms with E-state index >= 15 is 0 Å². The molecule has 4 rings (SSSR count). The van der Waals surface area contributed by atoms with Crippen LogP contribution < -0.4 is 5.32 Å². The lowest BCUT2D eigenvalue weighted by Crippen LogP contribution is -2.43. The number of benzene rings is 1. The summed E-state index contributed by atoms with van der Waals surface area (Å²) in [5.74, 6) is -0.633. The van der Waals surface area contributed by atoms with Crippen LogP contribution in [0, 0.1) is 17.6 Å². The molecule has 1 aromatic carbocycles. The fraction of sp³-hybridized carbons (Fsp3) is 0.263. The van der Waals surface area contributed by atoms with Gasteiger partial charge in [-0.05, 0) is 56.2 Å². The minimum Gasteiger partial charge on any atom is -0.379 e. The van der Waals surface area contributed by atoms with E-state index in [1.54, 1.807) is 6.08 Å². The topological polar surface area (TPSA) is 12.0 Å². The van der Waals surface area contributed by atoms with Crippen molar-refractivity contribution in [1.82, 2.24) is 5.32 Å². The summed E-state index contributed by atoms with van der Waals surface area (Å²) in [7, 11) is 0. The highest BCUT2D eigenvalue weighted by molar-refractivity contribution is 5.98. The second-order valence-electron chi connectivity index (χ2n) is 6.81. The van der Waals surface area contributed by atoms with E-state index in [2.05, 4.69) is 32.2 Å². The Hall–Kier alpha value is -2.16. The van der Waals surface area contributed by atoms with E-state index in [-0.39, 0.29) is 23.1 Å². The van der Waals surface area contributed by atoms with Gasteiger partial charge in [0.2, 0.25) is 0 Å². The Kier molecular flexibility index (Phi) is 2.57. The van der Waals surface area contributed by atoms with Gasteiger partial charge >= 0.3 is 0 Å². The van der Waals surface area contributed by atoms with Gasteiger partial charge in [-0.1, -0.05) is 17.7 Å². The number of fused-ring (bicyclic) bond motifs is 4. The summed E-state index contributed by atoms with van der Waals surface area (Å²) in [6.45, 7) is 6.32. The highest BCUT2D eigenvalue weighted by atomic mass is 19.1. The predicted molar refractivity (Wildman–Crippen MR) is 84.9 cm³/mol. The minimum atomic E-state index is -0.374. The minimum absolute atomic E-state index is 0.105. The lowest BCUT2D eigenvalue weighted by Gasteiger charge is -2.38. The first-order valence-corrected chi connectivity index (χ1v) is 7.47. The molecule has 0 spiro atoms. The van der Waals surface area contributed by atoms with Gasteiger partial charge in [0.1, 0.15) is 11.6 Å². The smallest absolute Gasteiger partial charge is 0.131 e. The summed E-state index contributed by atoms with van der Waals surface area (Å²) in [5.41, 5.74) is 4.64. The molecule has 1 atom stereocenters. The van der Waals surface area contributed by atoms with Crippen LogP contribution in [-0.4, -0.2) is 5.54 Å². The summed E-state index contributed by atoms with van der Waals surface area (Å²) in [6.07, 6.45) is 8.00. The van der Waals surface area contributed by atoms with Gasteiger partial charge in [0, 0.05) is 28.3 Å². The molecular weight excluding hydrogens is 280 g/mol. The number of hydrogen-bond donors (Lipinski definition) is 1. The zero-order chi connectivity index (χ0) is 15.6. The maximum Gasteiger partial charge on any atom is 0.131 e. The fourth-order valence-corrected chi connectivity index (χ4v) is 3.73. The van der Waals surface area contributed by atoms with Crippen molar-refractivity contribution in [1.29, 1.82) is 0 Å². The molecule has 0 amide bonds. The van der Waals surface area contributed by atoms with Crippen molar-refractivity contribution in [2.45, 2.75) is 26.3 Å². The lowest BCUT2D eigenvalue weighted by atomic mass is 9.80. The standard InChI is InChI=1S/C19H17F2N/c1-10-9-19(2,3)22-17-7-11-6-14-15(20)4-5-16(21)18(14)13(11)8-12(10)17/h4-9,12,22H,1-3H3. The largest absolute Gasteiger partial charge is 0.379 e. The Morgan fingerprint density at radius 1 is 1.09 bits per heavy atom. The van der Waals surface area contributed by atoms with E-state index in [0.717, 1.165) is 16.8 Å². The molecule has 1 N–H and O–H groups in total. The summed E-state index contributed by atoms with van der Waals surface area (Å²) < 4.78 is 28.2. The van der Waals surface area contributed by atoms with Crippen molar-refractivity contribution in [3.05, 3.63) is 70.0 Å². The Labute approximate surface area is 128 Å². The first-order chi connectivity index (χ1) is 10.4. The molecule has 112 valence electrons. The van der Waals surface area contributed by atoms with E-state index in [9.17, 15) is 8.78 Å². The Balaban J connectivity index is 1.91. The molecule has 0 radical (unpaired) electrons. The number of hydrogen-bond acceptors (Lipinski definition) is 1. The van der Waals surface area contributed by atoms with E-state index in [0.29, 0.717) is 11.1 Å². The summed E-state index contributed by atoms with van der Waals surface area (Å²) in [6, 6.07) is 2.39. The van der Waals surface area contributed by atoms with E-state index in [1.807, 2.05) is 12.2 Å². The van der Waals surface area contributed by atoms with Crippen molar-refractivity contribution in [3.8, 4) is 0 Å². The van der Waals surface area contributed by atoms with Crippen LogP contribution in [0.1, 0.15) is 31.9 Å². The van der Waals surface area contributed by atoms with E-state index in [1.165, 1.54) is 17.7 Å². The maximum atomic E-state index is 14.2. The molecular formula is C19H17F2N. The van der Waals surface area contributed by atoms with E-state index in [4.69, 9.17) is 0 Å². The molecule has 1 unspecified atom stereocenters.